The highest BCUT2D eigenvalue weighted by Gasteiger charge is 2.39. The molecule has 0 saturated carbocycles. The van der Waals surface area contributed by atoms with Crippen LogP contribution in [0, 0.1) is 0 Å². The van der Waals surface area contributed by atoms with Gasteiger partial charge in [0.25, 0.3) is 0 Å². The number of nitrogens with one attached hydrogen (secondary N) is 1. The number of rotatable bonds is 3. The van der Waals surface area contributed by atoms with Crippen molar-refractivity contribution in [1.82, 2.24) is 0 Å². The van der Waals surface area contributed by atoms with Gasteiger partial charge in [-0.3, -0.25) is 0 Å². The lowest BCUT2D eigenvalue weighted by atomic mass is 10.1. The fourth-order valence-corrected chi connectivity index (χ4v) is 1.59. The fraction of sp³-hybridized carbons (Fsp3) is 0.400. The van der Waals surface area contributed by atoms with E-state index in [0.29, 0.717) is 0 Å². The molecule has 0 saturated heterocycles. The lowest BCUT2D eigenvalue weighted by Crippen LogP contribution is -2.35. The Morgan fingerprint density at radius 2 is 1.74 bits per heavy atom. The average Bonchev–Trinajstić information content (AvgIpc) is 2.24. The van der Waals surface area contributed by atoms with Gasteiger partial charge in [0, 0.05) is 16.7 Å². The minimum atomic E-state index is -4.89. The Bertz CT molecular complexity index is 445. The van der Waals surface area contributed by atoms with Gasteiger partial charge in [0.1, 0.15) is 0 Å². The molecule has 0 spiro atoms. The Hall–Kier alpha value is -0.960. The second-order valence-corrected chi connectivity index (χ2v) is 4.54. The van der Waals surface area contributed by atoms with E-state index >= 15 is 0 Å². The minimum absolute atomic E-state index is 0.141. The van der Waals surface area contributed by atoms with Crippen LogP contribution in [0.1, 0.15) is 5.56 Å². The van der Waals surface area contributed by atoms with Crippen LogP contribution in [0.2, 0.25) is 0 Å². The van der Waals surface area contributed by atoms with Crippen molar-refractivity contribution >= 4 is 21.6 Å². The summed E-state index contributed by atoms with van der Waals surface area (Å²) in [7, 11) is 0. The van der Waals surface area contributed by atoms with Gasteiger partial charge >= 0.3 is 12.4 Å². The summed E-state index contributed by atoms with van der Waals surface area (Å²) in [4.78, 5) is 0. The quantitative estimate of drug-likeness (QED) is 0.812. The van der Waals surface area contributed by atoms with E-state index in [4.69, 9.17) is 5.11 Å². The molecule has 0 radical (unpaired) electrons. The molecule has 0 amide bonds. The van der Waals surface area contributed by atoms with Crippen LogP contribution < -0.4 is 5.32 Å². The van der Waals surface area contributed by atoms with E-state index in [1.807, 2.05) is 5.32 Å². The van der Waals surface area contributed by atoms with E-state index in [9.17, 15) is 26.3 Å². The van der Waals surface area contributed by atoms with Crippen LogP contribution in [0.15, 0.2) is 22.7 Å². The number of halogens is 7. The Morgan fingerprint density at radius 3 is 2.21 bits per heavy atom. The number of hydrogen-bond acceptors (Lipinski definition) is 2. The average molecular weight is 352 g/mol. The Labute approximate surface area is 112 Å². The van der Waals surface area contributed by atoms with Crippen molar-refractivity contribution in [3.05, 3.63) is 28.2 Å². The van der Waals surface area contributed by atoms with Crippen LogP contribution in [0.25, 0.3) is 0 Å². The summed E-state index contributed by atoms with van der Waals surface area (Å²) < 4.78 is 74.2. The van der Waals surface area contributed by atoms with Crippen molar-refractivity contribution in [1.29, 1.82) is 0 Å². The molecule has 0 fully saturated rings. The molecule has 0 aliphatic carbocycles. The summed E-state index contributed by atoms with van der Waals surface area (Å²) in [5, 5.41) is 10.7. The summed E-state index contributed by atoms with van der Waals surface area (Å²) in [6.07, 6.45) is -12.3. The van der Waals surface area contributed by atoms with Crippen LogP contribution in [0.5, 0.6) is 0 Å². The van der Waals surface area contributed by atoms with Gasteiger partial charge in [0.15, 0.2) is 6.10 Å². The summed E-state index contributed by atoms with van der Waals surface area (Å²) in [5.74, 6) is 0. The van der Waals surface area contributed by atoms with Gasteiger partial charge in [-0.05, 0) is 18.2 Å². The maximum atomic E-state index is 12.6. The molecule has 19 heavy (non-hydrogen) atoms. The number of benzene rings is 1. The Balaban J connectivity index is 2.90. The Morgan fingerprint density at radius 1 is 1.16 bits per heavy atom. The molecule has 0 aliphatic heterocycles. The summed E-state index contributed by atoms with van der Waals surface area (Å²) in [5.41, 5.74) is -1.64. The molecule has 0 aromatic heterocycles. The number of anilines is 1. The zero-order chi connectivity index (χ0) is 14.8. The third kappa shape index (κ3) is 4.57. The van der Waals surface area contributed by atoms with E-state index in [1.54, 1.807) is 0 Å². The van der Waals surface area contributed by atoms with Crippen molar-refractivity contribution in [3.63, 3.8) is 0 Å². The van der Waals surface area contributed by atoms with Gasteiger partial charge in [-0.1, -0.05) is 15.9 Å². The van der Waals surface area contributed by atoms with Gasteiger partial charge in [-0.2, -0.15) is 26.3 Å². The molecule has 1 aromatic rings. The van der Waals surface area contributed by atoms with E-state index in [0.717, 1.165) is 12.1 Å². The lowest BCUT2D eigenvalue weighted by Gasteiger charge is -2.18. The molecule has 0 heterocycles. The molecule has 1 rings (SSSR count). The molecule has 0 aliphatic rings. The lowest BCUT2D eigenvalue weighted by molar-refractivity contribution is -0.198. The summed E-state index contributed by atoms with van der Waals surface area (Å²) in [6, 6.07) is 2.97. The first-order valence-electron chi connectivity index (χ1n) is 4.87. The van der Waals surface area contributed by atoms with E-state index in [2.05, 4.69) is 15.9 Å². The zero-order valence-corrected chi connectivity index (χ0v) is 10.7. The maximum Gasteiger partial charge on any atom is 0.418 e. The largest absolute Gasteiger partial charge is 0.418 e. The van der Waals surface area contributed by atoms with Gasteiger partial charge < -0.3 is 10.4 Å². The van der Waals surface area contributed by atoms with Crippen LogP contribution >= 0.6 is 15.9 Å². The Kier molecular flexibility index (Phi) is 4.72. The highest BCUT2D eigenvalue weighted by atomic mass is 79.9. The van der Waals surface area contributed by atoms with Crippen LogP contribution in [-0.2, 0) is 6.18 Å². The van der Waals surface area contributed by atoms with Crippen molar-refractivity contribution < 1.29 is 31.4 Å². The van der Waals surface area contributed by atoms with Crippen LogP contribution in [-0.4, -0.2) is 23.9 Å². The zero-order valence-electron chi connectivity index (χ0n) is 9.11. The smallest absolute Gasteiger partial charge is 0.382 e. The molecule has 1 aromatic carbocycles. The number of aliphatic hydroxyl groups is 1. The molecule has 2 nitrogen and oxygen atoms in total. The highest BCUT2D eigenvalue weighted by molar-refractivity contribution is 9.10. The van der Waals surface area contributed by atoms with Crippen molar-refractivity contribution in [3.8, 4) is 0 Å². The van der Waals surface area contributed by atoms with Gasteiger partial charge in [-0.25, -0.2) is 0 Å². The molecular weight excluding hydrogens is 344 g/mol. The van der Waals surface area contributed by atoms with E-state index in [-0.39, 0.29) is 4.47 Å². The minimum Gasteiger partial charge on any atom is -0.382 e. The first kappa shape index (κ1) is 16.1. The third-order valence-corrected chi connectivity index (χ3v) is 2.64. The molecule has 0 bridgehead atoms. The molecule has 1 atom stereocenters. The summed E-state index contributed by atoms with van der Waals surface area (Å²) in [6.45, 7) is -1.06. The van der Waals surface area contributed by atoms with Crippen molar-refractivity contribution in [2.45, 2.75) is 18.5 Å². The number of hydrogen-bond donors (Lipinski definition) is 2. The van der Waals surface area contributed by atoms with Gasteiger partial charge in [0.05, 0.1) is 5.56 Å². The third-order valence-electron chi connectivity index (χ3n) is 2.15. The van der Waals surface area contributed by atoms with Crippen LogP contribution in [0.4, 0.5) is 32.0 Å². The van der Waals surface area contributed by atoms with E-state index < -0.39 is 36.3 Å². The monoisotopic (exact) mass is 351 g/mol. The molecule has 108 valence electrons. The normalized spacial score (nSPS) is 14.3. The molecule has 2 N–H and O–H groups in total. The molecular formula is C10H8BrF6NO. The van der Waals surface area contributed by atoms with E-state index in [1.165, 1.54) is 6.07 Å². The number of alkyl halides is 6. The SMILES string of the molecule is OC(CNc1ccc(Br)cc1C(F)(F)F)C(F)(F)F. The topological polar surface area (TPSA) is 32.3 Å². The summed E-state index contributed by atoms with van der Waals surface area (Å²) >= 11 is 2.84. The standard InChI is InChI=1S/C10H8BrF6NO/c11-5-1-2-7(6(3-5)9(12,13)14)18-4-8(19)10(15,16)17/h1-3,8,18-19H,4H2. The first-order valence-corrected chi connectivity index (χ1v) is 5.66. The van der Waals surface area contributed by atoms with Crippen molar-refractivity contribution in [2.24, 2.45) is 0 Å². The number of aliphatic hydroxyl groups excluding tert-OH is 1. The molecule has 1 unspecified atom stereocenters. The highest BCUT2D eigenvalue weighted by Crippen LogP contribution is 2.36. The van der Waals surface area contributed by atoms with Gasteiger partial charge in [0.2, 0.25) is 0 Å². The maximum absolute atomic E-state index is 12.6. The van der Waals surface area contributed by atoms with Crippen molar-refractivity contribution in [2.75, 3.05) is 11.9 Å². The van der Waals surface area contributed by atoms with Crippen LogP contribution in [0.3, 0.4) is 0 Å². The van der Waals surface area contributed by atoms with Gasteiger partial charge in [-0.15, -0.1) is 0 Å². The second-order valence-electron chi connectivity index (χ2n) is 3.63. The predicted octanol–water partition coefficient (Wildman–Crippen LogP) is 3.80. The fourth-order valence-electron chi connectivity index (χ4n) is 1.23. The predicted molar refractivity (Wildman–Crippen MR) is 59.7 cm³/mol. The second kappa shape index (κ2) is 5.58. The molecule has 9 heteroatoms. The first-order chi connectivity index (χ1) is 8.51.